The zero-order valence-electron chi connectivity index (χ0n) is 10.1. The number of hydrogen-bond donors (Lipinski definition) is 3. The molecule has 96 valence electrons. The summed E-state index contributed by atoms with van der Waals surface area (Å²) in [7, 11) is 3.20. The molecule has 1 heterocycles. The number of hydrogen-bond acceptors (Lipinski definition) is 5. The van der Waals surface area contributed by atoms with Crippen molar-refractivity contribution in [1.29, 1.82) is 0 Å². The van der Waals surface area contributed by atoms with Crippen molar-refractivity contribution in [3.8, 4) is 11.5 Å². The highest BCUT2D eigenvalue weighted by Crippen LogP contribution is 2.30. The van der Waals surface area contributed by atoms with Crippen LogP contribution in [-0.2, 0) is 0 Å². The molecule has 1 aliphatic heterocycles. The predicted octanol–water partition coefficient (Wildman–Crippen LogP) is 0.495. The third-order valence-corrected chi connectivity index (χ3v) is 2.73. The Kier molecular flexibility index (Phi) is 3.52. The van der Waals surface area contributed by atoms with Gasteiger partial charge in [0.2, 0.25) is 0 Å². The number of thiocarbonyl (C=S) groups is 1. The van der Waals surface area contributed by atoms with Gasteiger partial charge in [-0.05, 0) is 30.4 Å². The van der Waals surface area contributed by atoms with Gasteiger partial charge in [0.05, 0.1) is 14.2 Å². The summed E-state index contributed by atoms with van der Waals surface area (Å²) in [6.07, 6.45) is -0.385. The fourth-order valence-corrected chi connectivity index (χ4v) is 1.90. The summed E-state index contributed by atoms with van der Waals surface area (Å²) >= 11 is 5.05. The van der Waals surface area contributed by atoms with E-state index in [9.17, 15) is 0 Å². The molecule has 7 heteroatoms. The number of rotatable bonds is 3. The number of nitrogens with zero attached hydrogens (tertiary/aromatic N) is 1. The molecule has 0 spiro atoms. The van der Waals surface area contributed by atoms with Crippen molar-refractivity contribution in [1.82, 2.24) is 10.6 Å². The molecule has 0 aliphatic carbocycles. The summed E-state index contributed by atoms with van der Waals surface area (Å²) in [5, 5.41) is 6.16. The van der Waals surface area contributed by atoms with Crippen LogP contribution in [0, 0.1) is 0 Å². The Hall–Kier alpha value is -2.02. The summed E-state index contributed by atoms with van der Waals surface area (Å²) in [5.41, 5.74) is 6.46. The lowest BCUT2D eigenvalue weighted by Crippen LogP contribution is -2.49. The quantitative estimate of drug-likeness (QED) is 0.691. The Bertz CT molecular complexity index is 504. The molecule has 0 bridgehead atoms. The molecule has 1 aromatic rings. The van der Waals surface area contributed by atoms with Crippen LogP contribution in [0.5, 0.6) is 11.5 Å². The number of methoxy groups -OCH3 is 2. The van der Waals surface area contributed by atoms with Crippen molar-refractivity contribution in [2.24, 2.45) is 10.7 Å². The summed E-state index contributed by atoms with van der Waals surface area (Å²) in [6.45, 7) is 0. The maximum absolute atomic E-state index is 5.65. The van der Waals surface area contributed by atoms with E-state index in [-0.39, 0.29) is 12.1 Å². The molecular formula is C11H14N4O2S. The van der Waals surface area contributed by atoms with E-state index in [1.54, 1.807) is 14.2 Å². The molecule has 0 fully saturated rings. The summed E-state index contributed by atoms with van der Waals surface area (Å²) in [5.74, 6) is 1.67. The average molecular weight is 266 g/mol. The monoisotopic (exact) mass is 266 g/mol. The number of nitrogens with one attached hydrogen (secondary N) is 2. The molecule has 6 nitrogen and oxygen atoms in total. The van der Waals surface area contributed by atoms with E-state index >= 15 is 0 Å². The van der Waals surface area contributed by atoms with Gasteiger partial charge in [0.1, 0.15) is 11.5 Å². The molecule has 0 saturated carbocycles. The standard InChI is InChI=1S/C11H14N4O2S/c1-16-6-3-4-8(17-2)7(5-6)9-13-10(12)15-11(18)14-9/h3-5,9H,1-2H3,(H4,12,13,14,15,18)/t9-/m0/s1. The van der Waals surface area contributed by atoms with Crippen LogP contribution in [0.1, 0.15) is 11.7 Å². The second-order valence-corrected chi connectivity index (χ2v) is 4.03. The molecule has 1 atom stereocenters. The number of guanidine groups is 1. The topological polar surface area (TPSA) is 80.9 Å². The Balaban J connectivity index is 2.42. The molecule has 0 aromatic heterocycles. The SMILES string of the molecule is COc1ccc(OC)c([C@H]2N=C(N)NC(=S)N2)c1. The molecule has 18 heavy (non-hydrogen) atoms. The zero-order chi connectivity index (χ0) is 13.1. The van der Waals surface area contributed by atoms with Gasteiger partial charge in [-0.25, -0.2) is 4.99 Å². The van der Waals surface area contributed by atoms with E-state index in [0.717, 1.165) is 5.56 Å². The van der Waals surface area contributed by atoms with E-state index in [2.05, 4.69) is 15.6 Å². The van der Waals surface area contributed by atoms with Gasteiger partial charge < -0.3 is 25.8 Å². The van der Waals surface area contributed by atoms with Crippen molar-refractivity contribution in [3.05, 3.63) is 23.8 Å². The summed E-state index contributed by atoms with van der Waals surface area (Å²) < 4.78 is 10.5. The Morgan fingerprint density at radius 2 is 2.11 bits per heavy atom. The van der Waals surface area contributed by atoms with E-state index < -0.39 is 0 Å². The van der Waals surface area contributed by atoms with Crippen LogP contribution in [-0.4, -0.2) is 25.3 Å². The Labute approximate surface area is 110 Å². The normalized spacial score (nSPS) is 18.4. The van der Waals surface area contributed by atoms with Crippen molar-refractivity contribution in [2.45, 2.75) is 6.17 Å². The van der Waals surface area contributed by atoms with Crippen LogP contribution in [0.3, 0.4) is 0 Å². The van der Waals surface area contributed by atoms with Gasteiger partial charge in [-0.2, -0.15) is 0 Å². The lowest BCUT2D eigenvalue weighted by molar-refractivity contribution is 0.393. The number of benzene rings is 1. The van der Waals surface area contributed by atoms with Gasteiger partial charge >= 0.3 is 0 Å². The minimum absolute atomic E-state index is 0.272. The van der Waals surface area contributed by atoms with Crippen molar-refractivity contribution in [3.63, 3.8) is 0 Å². The number of ether oxygens (including phenoxy) is 2. The third kappa shape index (κ3) is 2.45. The van der Waals surface area contributed by atoms with Gasteiger partial charge in [-0.3, -0.25) is 0 Å². The summed E-state index contributed by atoms with van der Waals surface area (Å²) in [4.78, 5) is 4.24. The van der Waals surface area contributed by atoms with Crippen LogP contribution >= 0.6 is 12.2 Å². The van der Waals surface area contributed by atoms with Gasteiger partial charge in [0.25, 0.3) is 0 Å². The van der Waals surface area contributed by atoms with Gasteiger partial charge in [-0.1, -0.05) is 0 Å². The largest absolute Gasteiger partial charge is 0.497 e. The first kappa shape index (κ1) is 12.4. The van der Waals surface area contributed by atoms with Gasteiger partial charge in [-0.15, -0.1) is 0 Å². The first-order valence-electron chi connectivity index (χ1n) is 5.26. The van der Waals surface area contributed by atoms with Crippen molar-refractivity contribution >= 4 is 23.3 Å². The lowest BCUT2D eigenvalue weighted by Gasteiger charge is -2.24. The van der Waals surface area contributed by atoms with Crippen LogP contribution in [0.15, 0.2) is 23.2 Å². The molecule has 1 aliphatic rings. The maximum atomic E-state index is 5.65. The first-order chi connectivity index (χ1) is 8.63. The minimum atomic E-state index is -0.385. The lowest BCUT2D eigenvalue weighted by atomic mass is 10.1. The highest BCUT2D eigenvalue weighted by atomic mass is 32.1. The van der Waals surface area contributed by atoms with E-state index in [4.69, 9.17) is 27.4 Å². The van der Waals surface area contributed by atoms with Crippen LogP contribution in [0.25, 0.3) is 0 Å². The second kappa shape index (κ2) is 5.09. The van der Waals surface area contributed by atoms with Crippen LogP contribution in [0.4, 0.5) is 0 Å². The highest BCUT2D eigenvalue weighted by Gasteiger charge is 2.21. The molecule has 0 unspecified atom stereocenters. The molecule has 0 saturated heterocycles. The Morgan fingerprint density at radius 3 is 2.72 bits per heavy atom. The smallest absolute Gasteiger partial charge is 0.197 e. The second-order valence-electron chi connectivity index (χ2n) is 3.62. The highest BCUT2D eigenvalue weighted by molar-refractivity contribution is 7.80. The molecule has 1 aromatic carbocycles. The predicted molar refractivity (Wildman–Crippen MR) is 72.8 cm³/mol. The zero-order valence-corrected chi connectivity index (χ0v) is 10.9. The first-order valence-corrected chi connectivity index (χ1v) is 5.67. The van der Waals surface area contributed by atoms with E-state index in [0.29, 0.717) is 16.6 Å². The van der Waals surface area contributed by atoms with E-state index in [1.165, 1.54) is 0 Å². The summed E-state index contributed by atoms with van der Waals surface area (Å²) in [6, 6.07) is 5.46. The minimum Gasteiger partial charge on any atom is -0.497 e. The fourth-order valence-electron chi connectivity index (χ4n) is 1.68. The molecule has 4 N–H and O–H groups in total. The Morgan fingerprint density at radius 1 is 1.33 bits per heavy atom. The molecule has 0 amide bonds. The third-order valence-electron chi connectivity index (χ3n) is 2.51. The van der Waals surface area contributed by atoms with Gasteiger partial charge in [0.15, 0.2) is 17.2 Å². The molecule has 2 rings (SSSR count). The fraction of sp³-hybridized carbons (Fsp3) is 0.273. The van der Waals surface area contributed by atoms with Gasteiger partial charge in [0, 0.05) is 5.56 Å². The van der Waals surface area contributed by atoms with Crippen molar-refractivity contribution < 1.29 is 9.47 Å². The van der Waals surface area contributed by atoms with Crippen molar-refractivity contribution in [2.75, 3.05) is 14.2 Å². The molecule has 0 radical (unpaired) electrons. The average Bonchev–Trinajstić information content (AvgIpc) is 2.36. The number of nitrogens with two attached hydrogens (primary N) is 1. The molecular weight excluding hydrogens is 252 g/mol. The van der Waals surface area contributed by atoms with E-state index in [1.807, 2.05) is 18.2 Å². The number of aliphatic imine (C=N–C) groups is 1. The van der Waals surface area contributed by atoms with Crippen LogP contribution < -0.4 is 25.8 Å². The maximum Gasteiger partial charge on any atom is 0.197 e. The van der Waals surface area contributed by atoms with Crippen LogP contribution in [0.2, 0.25) is 0 Å².